The maximum atomic E-state index is 11.4. The molecule has 0 radical (unpaired) electrons. The summed E-state index contributed by atoms with van der Waals surface area (Å²) in [6.07, 6.45) is 0.749. The molecule has 2 atom stereocenters. The standard InChI is InChI=1S/C11H23NO3/c1-5-10(11(13)15-6-2)12-7-9(3)8-14-4/h9-10,12H,5-8H2,1-4H3. The number of esters is 1. The average molecular weight is 217 g/mol. The van der Waals surface area contributed by atoms with Gasteiger partial charge in [0.25, 0.3) is 0 Å². The van der Waals surface area contributed by atoms with Crippen molar-refractivity contribution in [3.05, 3.63) is 0 Å². The first-order valence-corrected chi connectivity index (χ1v) is 5.54. The van der Waals surface area contributed by atoms with E-state index >= 15 is 0 Å². The molecule has 0 spiro atoms. The van der Waals surface area contributed by atoms with Gasteiger partial charge < -0.3 is 14.8 Å². The number of methoxy groups -OCH3 is 1. The summed E-state index contributed by atoms with van der Waals surface area (Å²) >= 11 is 0. The van der Waals surface area contributed by atoms with Gasteiger partial charge in [-0.25, -0.2) is 0 Å². The topological polar surface area (TPSA) is 47.6 Å². The van der Waals surface area contributed by atoms with E-state index in [1.54, 1.807) is 7.11 Å². The van der Waals surface area contributed by atoms with Gasteiger partial charge in [-0.1, -0.05) is 13.8 Å². The molecule has 0 fully saturated rings. The van der Waals surface area contributed by atoms with Gasteiger partial charge in [0, 0.05) is 20.3 Å². The quantitative estimate of drug-likeness (QED) is 0.621. The van der Waals surface area contributed by atoms with Gasteiger partial charge in [0.1, 0.15) is 6.04 Å². The maximum absolute atomic E-state index is 11.4. The van der Waals surface area contributed by atoms with Crippen molar-refractivity contribution < 1.29 is 14.3 Å². The minimum atomic E-state index is -0.191. The summed E-state index contributed by atoms with van der Waals surface area (Å²) in [6.45, 7) is 7.77. The van der Waals surface area contributed by atoms with Crippen molar-refractivity contribution in [2.45, 2.75) is 33.2 Å². The van der Waals surface area contributed by atoms with Crippen LogP contribution in [-0.2, 0) is 14.3 Å². The number of nitrogens with one attached hydrogen (secondary N) is 1. The van der Waals surface area contributed by atoms with Crippen molar-refractivity contribution in [2.24, 2.45) is 5.92 Å². The normalized spacial score (nSPS) is 14.7. The zero-order chi connectivity index (χ0) is 11.7. The van der Waals surface area contributed by atoms with Crippen molar-refractivity contribution in [1.82, 2.24) is 5.32 Å². The van der Waals surface area contributed by atoms with Crippen LogP contribution >= 0.6 is 0 Å². The molecule has 0 aliphatic rings. The Balaban J connectivity index is 3.83. The summed E-state index contributed by atoms with van der Waals surface area (Å²) in [6, 6.07) is -0.191. The molecule has 0 aromatic heterocycles. The lowest BCUT2D eigenvalue weighted by atomic mass is 10.1. The Labute approximate surface area is 92.3 Å². The monoisotopic (exact) mass is 217 g/mol. The lowest BCUT2D eigenvalue weighted by Crippen LogP contribution is -2.40. The van der Waals surface area contributed by atoms with Gasteiger partial charge in [0.15, 0.2) is 0 Å². The summed E-state index contributed by atoms with van der Waals surface area (Å²) in [7, 11) is 1.68. The van der Waals surface area contributed by atoms with E-state index in [1.165, 1.54) is 0 Å². The van der Waals surface area contributed by atoms with Crippen molar-refractivity contribution in [1.29, 1.82) is 0 Å². The van der Waals surface area contributed by atoms with Gasteiger partial charge >= 0.3 is 5.97 Å². The molecule has 4 heteroatoms. The number of rotatable bonds is 8. The average Bonchev–Trinajstić information content (AvgIpc) is 2.19. The van der Waals surface area contributed by atoms with Crippen LogP contribution in [0.5, 0.6) is 0 Å². The molecule has 0 heterocycles. The molecule has 0 aromatic carbocycles. The second-order valence-electron chi connectivity index (χ2n) is 3.68. The lowest BCUT2D eigenvalue weighted by Gasteiger charge is -2.18. The van der Waals surface area contributed by atoms with Crippen LogP contribution in [0.4, 0.5) is 0 Å². The van der Waals surface area contributed by atoms with Crippen molar-refractivity contribution in [2.75, 3.05) is 26.9 Å². The molecule has 0 rings (SSSR count). The van der Waals surface area contributed by atoms with Gasteiger partial charge in [-0.05, 0) is 19.3 Å². The lowest BCUT2D eigenvalue weighted by molar-refractivity contribution is -0.145. The van der Waals surface area contributed by atoms with Crippen molar-refractivity contribution in [3.63, 3.8) is 0 Å². The largest absolute Gasteiger partial charge is 0.465 e. The third-order valence-corrected chi connectivity index (χ3v) is 2.14. The Hall–Kier alpha value is -0.610. The molecule has 0 aliphatic heterocycles. The molecule has 15 heavy (non-hydrogen) atoms. The van der Waals surface area contributed by atoms with E-state index in [0.717, 1.165) is 13.0 Å². The van der Waals surface area contributed by atoms with Gasteiger partial charge in [-0.15, -0.1) is 0 Å². The highest BCUT2D eigenvalue weighted by atomic mass is 16.5. The fraction of sp³-hybridized carbons (Fsp3) is 0.909. The number of carbonyl (C=O) groups is 1. The summed E-state index contributed by atoms with van der Waals surface area (Å²) in [5.74, 6) is 0.239. The van der Waals surface area contributed by atoms with Crippen LogP contribution in [0.15, 0.2) is 0 Å². The minimum Gasteiger partial charge on any atom is -0.465 e. The van der Waals surface area contributed by atoms with Gasteiger partial charge in [0.2, 0.25) is 0 Å². The van der Waals surface area contributed by atoms with E-state index < -0.39 is 0 Å². The van der Waals surface area contributed by atoms with E-state index in [-0.39, 0.29) is 12.0 Å². The summed E-state index contributed by atoms with van der Waals surface area (Å²) in [4.78, 5) is 11.4. The third kappa shape index (κ3) is 6.47. The van der Waals surface area contributed by atoms with Crippen LogP contribution < -0.4 is 5.32 Å². The Morgan fingerprint density at radius 2 is 2.07 bits per heavy atom. The number of hydrogen-bond acceptors (Lipinski definition) is 4. The van der Waals surface area contributed by atoms with Crippen molar-refractivity contribution in [3.8, 4) is 0 Å². The molecule has 2 unspecified atom stereocenters. The Kier molecular flexibility index (Phi) is 8.33. The molecule has 4 nitrogen and oxygen atoms in total. The maximum Gasteiger partial charge on any atom is 0.323 e. The van der Waals surface area contributed by atoms with Crippen LogP contribution in [0, 0.1) is 5.92 Å². The summed E-state index contributed by atoms with van der Waals surface area (Å²) in [5.41, 5.74) is 0. The molecule has 0 saturated carbocycles. The van der Waals surface area contributed by atoms with Crippen LogP contribution in [0.25, 0.3) is 0 Å². The molecule has 0 amide bonds. The highest BCUT2D eigenvalue weighted by Gasteiger charge is 2.17. The number of ether oxygens (including phenoxy) is 2. The van der Waals surface area contributed by atoms with E-state index in [9.17, 15) is 4.79 Å². The van der Waals surface area contributed by atoms with Crippen LogP contribution in [0.3, 0.4) is 0 Å². The minimum absolute atomic E-state index is 0.162. The molecule has 0 bridgehead atoms. The van der Waals surface area contributed by atoms with E-state index in [4.69, 9.17) is 9.47 Å². The first-order chi connectivity index (χ1) is 7.15. The second-order valence-corrected chi connectivity index (χ2v) is 3.68. The highest BCUT2D eigenvalue weighted by Crippen LogP contribution is 1.98. The third-order valence-electron chi connectivity index (χ3n) is 2.14. The molecule has 1 N–H and O–H groups in total. The number of carbonyl (C=O) groups excluding carboxylic acids is 1. The zero-order valence-corrected chi connectivity index (χ0v) is 10.2. The second kappa shape index (κ2) is 8.68. The molecular formula is C11H23NO3. The van der Waals surface area contributed by atoms with Crippen LogP contribution in [0.2, 0.25) is 0 Å². The molecule has 0 saturated heterocycles. The van der Waals surface area contributed by atoms with Crippen LogP contribution in [0.1, 0.15) is 27.2 Å². The van der Waals surface area contributed by atoms with E-state index in [1.807, 2.05) is 13.8 Å². The highest BCUT2D eigenvalue weighted by molar-refractivity contribution is 5.75. The summed E-state index contributed by atoms with van der Waals surface area (Å²) in [5, 5.41) is 3.18. The predicted octanol–water partition coefficient (Wildman–Crippen LogP) is 1.20. The van der Waals surface area contributed by atoms with Crippen LogP contribution in [-0.4, -0.2) is 38.9 Å². The van der Waals surface area contributed by atoms with Gasteiger partial charge in [-0.3, -0.25) is 4.79 Å². The SMILES string of the molecule is CCOC(=O)C(CC)NCC(C)COC. The van der Waals surface area contributed by atoms with Crippen molar-refractivity contribution >= 4 is 5.97 Å². The predicted molar refractivity (Wildman–Crippen MR) is 59.8 cm³/mol. The number of hydrogen-bond donors (Lipinski definition) is 1. The molecule has 90 valence electrons. The zero-order valence-electron chi connectivity index (χ0n) is 10.2. The Morgan fingerprint density at radius 3 is 2.53 bits per heavy atom. The van der Waals surface area contributed by atoms with Gasteiger partial charge in [-0.2, -0.15) is 0 Å². The Morgan fingerprint density at radius 1 is 1.40 bits per heavy atom. The van der Waals surface area contributed by atoms with E-state index in [2.05, 4.69) is 12.2 Å². The molecular weight excluding hydrogens is 194 g/mol. The Bertz CT molecular complexity index is 173. The summed E-state index contributed by atoms with van der Waals surface area (Å²) < 4.78 is 9.98. The first-order valence-electron chi connectivity index (χ1n) is 5.54. The van der Waals surface area contributed by atoms with E-state index in [0.29, 0.717) is 19.1 Å². The first kappa shape index (κ1) is 14.4. The smallest absolute Gasteiger partial charge is 0.323 e. The molecule has 0 aliphatic carbocycles. The fourth-order valence-corrected chi connectivity index (χ4v) is 1.32. The molecule has 0 aromatic rings. The van der Waals surface area contributed by atoms with Gasteiger partial charge in [0.05, 0.1) is 6.61 Å². The fourth-order valence-electron chi connectivity index (χ4n) is 1.32.